The van der Waals surface area contributed by atoms with Gasteiger partial charge in [-0.25, -0.2) is 0 Å². The molecule has 2 N–H and O–H groups in total. The number of rotatable bonds is 11. The van der Waals surface area contributed by atoms with Gasteiger partial charge in [-0.3, -0.25) is 9.98 Å². The van der Waals surface area contributed by atoms with Gasteiger partial charge in [-0.05, 0) is 121 Å². The summed E-state index contributed by atoms with van der Waals surface area (Å²) in [7, 11) is 0. The molecule has 0 amide bonds. The first-order valence-electron chi connectivity index (χ1n) is 16.1. The van der Waals surface area contributed by atoms with E-state index in [1.165, 1.54) is 27.8 Å². The van der Waals surface area contributed by atoms with Crippen LogP contribution in [0.25, 0.3) is 10.8 Å². The number of aryl methyl sites for hydroxylation is 6. The SMILES string of the molecule is CCCCC(C=Nc1ccc(CC)c(CC)c1)=Nc1ccc(CC)c(CC)c1.CCc1cccc2c(O)c(O)cc(C)c12.[Pd]. The van der Waals surface area contributed by atoms with Crippen molar-refractivity contribution in [2.24, 2.45) is 9.98 Å². The van der Waals surface area contributed by atoms with E-state index in [2.05, 4.69) is 77.9 Å². The predicted octanol–water partition coefficient (Wildman–Crippen LogP) is 10.7. The molecule has 0 aliphatic heterocycles. The zero-order valence-electron chi connectivity index (χ0n) is 27.6. The van der Waals surface area contributed by atoms with Crippen molar-refractivity contribution in [2.75, 3.05) is 0 Å². The van der Waals surface area contributed by atoms with E-state index in [0.717, 1.165) is 84.8 Å². The molecule has 4 rings (SSSR count). The molecule has 0 aromatic heterocycles. The molecule has 0 aliphatic carbocycles. The van der Waals surface area contributed by atoms with E-state index in [0.29, 0.717) is 0 Å². The van der Waals surface area contributed by atoms with Crippen molar-refractivity contribution < 1.29 is 30.6 Å². The van der Waals surface area contributed by atoms with Crippen LogP contribution in [0.1, 0.15) is 94.2 Å². The Labute approximate surface area is 279 Å². The van der Waals surface area contributed by atoms with Gasteiger partial charge >= 0.3 is 0 Å². The number of unbranched alkanes of at least 4 members (excludes halogenated alkanes) is 1. The van der Waals surface area contributed by atoms with Crippen LogP contribution in [0.4, 0.5) is 11.4 Å². The van der Waals surface area contributed by atoms with Gasteiger partial charge in [0.2, 0.25) is 0 Å². The van der Waals surface area contributed by atoms with Crippen LogP contribution >= 0.6 is 0 Å². The maximum absolute atomic E-state index is 9.75. The molecule has 0 spiro atoms. The molecule has 0 aliphatic rings. The van der Waals surface area contributed by atoms with E-state index in [1.54, 1.807) is 6.07 Å². The molecule has 5 heteroatoms. The fraction of sp³-hybridized carbons (Fsp3) is 0.385. The van der Waals surface area contributed by atoms with E-state index >= 15 is 0 Å². The molecule has 0 atom stereocenters. The van der Waals surface area contributed by atoms with Crippen LogP contribution in [0.15, 0.2) is 70.6 Å². The van der Waals surface area contributed by atoms with Crippen molar-refractivity contribution >= 4 is 34.1 Å². The van der Waals surface area contributed by atoms with Crippen molar-refractivity contribution in [1.29, 1.82) is 0 Å². The number of benzene rings is 4. The average molecular weight is 685 g/mol. The van der Waals surface area contributed by atoms with Gasteiger partial charge in [0, 0.05) is 32.0 Å². The van der Waals surface area contributed by atoms with Gasteiger partial charge in [0.15, 0.2) is 11.5 Å². The summed E-state index contributed by atoms with van der Waals surface area (Å²) in [4.78, 5) is 9.70. The number of aromatic hydroxyl groups is 2. The summed E-state index contributed by atoms with van der Waals surface area (Å²) < 4.78 is 0. The number of phenols is 2. The Bertz CT molecular complexity index is 1570. The van der Waals surface area contributed by atoms with Gasteiger partial charge in [-0.1, -0.05) is 78.3 Å². The Morgan fingerprint density at radius 2 is 1.25 bits per heavy atom. The maximum Gasteiger partial charge on any atom is 0.165 e. The molecule has 0 saturated heterocycles. The number of hydrogen-bond acceptors (Lipinski definition) is 4. The van der Waals surface area contributed by atoms with Crippen LogP contribution < -0.4 is 0 Å². The second kappa shape index (κ2) is 18.5. The smallest absolute Gasteiger partial charge is 0.165 e. The monoisotopic (exact) mass is 684 g/mol. The summed E-state index contributed by atoms with van der Waals surface area (Å²) in [5, 5.41) is 21.0. The van der Waals surface area contributed by atoms with E-state index in [-0.39, 0.29) is 31.9 Å². The molecule has 4 aromatic carbocycles. The third-order valence-corrected chi connectivity index (χ3v) is 8.10. The average Bonchev–Trinajstić information content (AvgIpc) is 3.04. The van der Waals surface area contributed by atoms with Crippen LogP contribution in [0, 0.1) is 6.92 Å². The first-order valence-corrected chi connectivity index (χ1v) is 16.1. The summed E-state index contributed by atoms with van der Waals surface area (Å²) in [5.41, 5.74) is 11.0. The molecular formula is C39H50N2O2Pd. The van der Waals surface area contributed by atoms with Crippen molar-refractivity contribution in [1.82, 2.24) is 0 Å². The number of hydrogen-bond donors (Lipinski definition) is 2. The number of aliphatic imine (C=N–C) groups is 2. The zero-order valence-corrected chi connectivity index (χ0v) is 29.2. The molecule has 238 valence electrons. The van der Waals surface area contributed by atoms with Gasteiger partial charge in [-0.2, -0.15) is 0 Å². The van der Waals surface area contributed by atoms with Crippen LogP contribution in [0.2, 0.25) is 0 Å². The third kappa shape index (κ3) is 9.62. The summed E-state index contributed by atoms with van der Waals surface area (Å²) in [6.45, 7) is 15.1. The fourth-order valence-electron chi connectivity index (χ4n) is 5.59. The summed E-state index contributed by atoms with van der Waals surface area (Å²) in [5.74, 6) is -0.0702. The van der Waals surface area contributed by atoms with Crippen LogP contribution in [-0.4, -0.2) is 22.1 Å². The van der Waals surface area contributed by atoms with Crippen molar-refractivity contribution in [3.63, 3.8) is 0 Å². The number of phenolic OH excluding ortho intramolecular Hbond substituents is 2. The molecule has 0 saturated carbocycles. The van der Waals surface area contributed by atoms with E-state index in [1.807, 2.05) is 31.3 Å². The second-order valence-electron chi connectivity index (χ2n) is 11.0. The van der Waals surface area contributed by atoms with Gasteiger partial charge in [-0.15, -0.1) is 0 Å². The molecule has 0 unspecified atom stereocenters. The Hall–Kier alpha value is -3.26. The summed E-state index contributed by atoms with van der Waals surface area (Å²) in [6, 6.07) is 20.6. The molecule has 0 heterocycles. The third-order valence-electron chi connectivity index (χ3n) is 8.10. The maximum atomic E-state index is 9.75. The molecular weight excluding hydrogens is 635 g/mol. The standard InChI is InChI=1S/C26H36N2.C13H14O2.Pd/c1-6-11-12-26(28-25-16-14-21(8-3)23(10-5)18-25)19-27-24-15-13-20(7-2)22(9-4)17-24;1-3-9-5-4-6-10-12(9)8(2)7-11(14)13(10)15;/h13-19H,6-12H2,1-5H3;4-7,14-15H,3H2,1-2H3;. The largest absolute Gasteiger partial charge is 0.504 e. The zero-order chi connectivity index (χ0) is 31.4. The minimum absolute atomic E-state index is 0. The summed E-state index contributed by atoms with van der Waals surface area (Å²) in [6.07, 6.45) is 10.4. The Balaban J connectivity index is 0.000000355. The molecule has 0 bridgehead atoms. The number of nitrogens with zero attached hydrogens (tertiary/aromatic N) is 2. The molecule has 4 nitrogen and oxygen atoms in total. The van der Waals surface area contributed by atoms with E-state index in [4.69, 9.17) is 9.98 Å². The second-order valence-corrected chi connectivity index (χ2v) is 11.0. The van der Waals surface area contributed by atoms with E-state index in [9.17, 15) is 10.2 Å². The molecule has 4 aromatic rings. The summed E-state index contributed by atoms with van der Waals surface area (Å²) >= 11 is 0. The first kappa shape index (κ1) is 36.9. The fourth-order valence-corrected chi connectivity index (χ4v) is 5.59. The van der Waals surface area contributed by atoms with Crippen LogP contribution in [-0.2, 0) is 52.5 Å². The van der Waals surface area contributed by atoms with Gasteiger partial charge in [0.25, 0.3) is 0 Å². The van der Waals surface area contributed by atoms with E-state index < -0.39 is 0 Å². The van der Waals surface area contributed by atoms with Gasteiger partial charge < -0.3 is 10.2 Å². The van der Waals surface area contributed by atoms with Crippen molar-refractivity contribution in [2.45, 2.75) is 99.8 Å². The van der Waals surface area contributed by atoms with Crippen LogP contribution in [0.3, 0.4) is 0 Å². The van der Waals surface area contributed by atoms with Gasteiger partial charge in [0.05, 0.1) is 17.1 Å². The first-order chi connectivity index (χ1) is 20.8. The molecule has 0 radical (unpaired) electrons. The van der Waals surface area contributed by atoms with Gasteiger partial charge in [0.1, 0.15) is 0 Å². The van der Waals surface area contributed by atoms with Crippen molar-refractivity contribution in [3.8, 4) is 11.5 Å². The minimum Gasteiger partial charge on any atom is -0.504 e. The predicted molar refractivity (Wildman–Crippen MR) is 187 cm³/mol. The Morgan fingerprint density at radius 3 is 1.82 bits per heavy atom. The minimum atomic E-state index is -0.0479. The number of fused-ring (bicyclic) bond motifs is 1. The topological polar surface area (TPSA) is 65.2 Å². The quantitative estimate of drug-likeness (QED) is 0.0938. The Kier molecular flexibility index (Phi) is 15.6. The van der Waals surface area contributed by atoms with Crippen molar-refractivity contribution in [3.05, 3.63) is 94.0 Å². The normalized spacial score (nSPS) is 11.4. The molecule has 44 heavy (non-hydrogen) atoms. The van der Waals surface area contributed by atoms with Crippen LogP contribution in [0.5, 0.6) is 11.5 Å². The molecule has 0 fully saturated rings. The Morgan fingerprint density at radius 1 is 0.682 bits per heavy atom.